The number of Topliss-reactive ketones (excluding diaryl/α,β-unsaturated/α-hetero) is 1. The fourth-order valence-electron chi connectivity index (χ4n) is 5.31. The zero-order valence-corrected chi connectivity index (χ0v) is 23.0. The third-order valence-electron chi connectivity index (χ3n) is 7.84. The number of nitrogens with two attached hydrogens (primary N) is 1. The summed E-state index contributed by atoms with van der Waals surface area (Å²) >= 11 is 0. The summed E-state index contributed by atoms with van der Waals surface area (Å²) in [4.78, 5) is 38.7. The van der Waals surface area contributed by atoms with Gasteiger partial charge in [-0.15, -0.1) is 0 Å². The van der Waals surface area contributed by atoms with Gasteiger partial charge in [0.2, 0.25) is 0 Å². The predicted octanol–water partition coefficient (Wildman–Crippen LogP) is 3.83. The molecule has 2 atom stereocenters. The lowest BCUT2D eigenvalue weighted by molar-refractivity contribution is 0.0944. The van der Waals surface area contributed by atoms with Crippen LogP contribution in [0.3, 0.4) is 0 Å². The molecule has 0 unspecified atom stereocenters. The highest BCUT2D eigenvalue weighted by Crippen LogP contribution is 2.40. The first-order valence-electron chi connectivity index (χ1n) is 13.8. The van der Waals surface area contributed by atoms with E-state index in [1.807, 2.05) is 37.1 Å². The largest absolute Gasteiger partial charge is 0.364 e. The number of hydrogen-bond acceptors (Lipinski definition) is 8. The van der Waals surface area contributed by atoms with E-state index >= 15 is 0 Å². The Labute approximate surface area is 229 Å². The van der Waals surface area contributed by atoms with Gasteiger partial charge in [0.25, 0.3) is 5.91 Å². The summed E-state index contributed by atoms with van der Waals surface area (Å²) in [6.07, 6.45) is 10.1. The SMILES string of the molecule is C[C@@H]1[C@H](CC(=O)c2ccc(C3CC3)cc2)CCCN1c1cnc(C(N)=O)c(Nc2cnn(CCN(C)C)c2)n1. The van der Waals surface area contributed by atoms with Gasteiger partial charge in [-0.3, -0.25) is 14.3 Å². The van der Waals surface area contributed by atoms with Gasteiger partial charge in [0.05, 0.1) is 24.6 Å². The van der Waals surface area contributed by atoms with Crippen LogP contribution in [0, 0.1) is 5.92 Å². The average molecular weight is 531 g/mol. The van der Waals surface area contributed by atoms with Gasteiger partial charge < -0.3 is 20.9 Å². The number of nitrogens with one attached hydrogen (secondary N) is 1. The Morgan fingerprint density at radius 2 is 1.90 bits per heavy atom. The number of aromatic nitrogens is 4. The quantitative estimate of drug-likeness (QED) is 0.359. The molecule has 3 N–H and O–H groups in total. The minimum atomic E-state index is -0.653. The van der Waals surface area contributed by atoms with Crippen molar-refractivity contribution >= 4 is 29.0 Å². The number of nitrogens with zero attached hydrogens (tertiary/aromatic N) is 6. The molecule has 2 fully saturated rings. The summed E-state index contributed by atoms with van der Waals surface area (Å²) < 4.78 is 1.83. The minimum absolute atomic E-state index is 0.0748. The zero-order valence-electron chi connectivity index (χ0n) is 23.0. The molecule has 1 saturated carbocycles. The van der Waals surface area contributed by atoms with Crippen molar-refractivity contribution < 1.29 is 9.59 Å². The molecule has 2 aromatic heterocycles. The summed E-state index contributed by atoms with van der Waals surface area (Å²) in [6, 6.07) is 8.27. The summed E-state index contributed by atoms with van der Waals surface area (Å²) in [6.45, 7) is 4.53. The van der Waals surface area contributed by atoms with Crippen molar-refractivity contribution in [2.24, 2.45) is 11.7 Å². The number of piperidine rings is 1. The van der Waals surface area contributed by atoms with Crippen LogP contribution in [-0.4, -0.2) is 69.6 Å². The fourth-order valence-corrected chi connectivity index (χ4v) is 5.31. The number of likely N-dealkylation sites (N-methyl/N-ethyl adjacent to an activating group) is 1. The maximum atomic E-state index is 13.1. The maximum Gasteiger partial charge on any atom is 0.271 e. The lowest BCUT2D eigenvalue weighted by Crippen LogP contribution is -2.44. The van der Waals surface area contributed by atoms with Crippen molar-refractivity contribution in [2.45, 2.75) is 57.5 Å². The smallest absolute Gasteiger partial charge is 0.271 e. The lowest BCUT2D eigenvalue weighted by Gasteiger charge is -2.40. The maximum absolute atomic E-state index is 13.1. The molecule has 1 aliphatic carbocycles. The predicted molar refractivity (Wildman–Crippen MR) is 152 cm³/mol. The molecule has 10 nitrogen and oxygen atoms in total. The molecule has 1 amide bonds. The van der Waals surface area contributed by atoms with Gasteiger partial charge in [0.1, 0.15) is 5.82 Å². The molecule has 3 heterocycles. The van der Waals surface area contributed by atoms with Crippen molar-refractivity contribution in [3.8, 4) is 0 Å². The van der Waals surface area contributed by atoms with Crippen LogP contribution >= 0.6 is 0 Å². The van der Waals surface area contributed by atoms with E-state index in [1.165, 1.54) is 18.4 Å². The minimum Gasteiger partial charge on any atom is -0.364 e. The van der Waals surface area contributed by atoms with Crippen molar-refractivity contribution in [3.05, 3.63) is 59.7 Å². The Morgan fingerprint density at radius 3 is 2.59 bits per heavy atom. The van der Waals surface area contributed by atoms with Gasteiger partial charge in [0.15, 0.2) is 17.3 Å². The first-order chi connectivity index (χ1) is 18.8. The molecule has 1 aromatic carbocycles. The number of amides is 1. The van der Waals surface area contributed by atoms with Crippen LogP contribution < -0.4 is 16.0 Å². The van der Waals surface area contributed by atoms with Gasteiger partial charge in [-0.05, 0) is 64.1 Å². The number of hydrogen-bond donors (Lipinski definition) is 2. The Kier molecular flexibility index (Phi) is 7.92. The highest BCUT2D eigenvalue weighted by atomic mass is 16.1. The molecule has 10 heteroatoms. The molecule has 5 rings (SSSR count). The topological polar surface area (TPSA) is 122 Å². The van der Waals surface area contributed by atoms with Crippen LogP contribution in [0.2, 0.25) is 0 Å². The summed E-state index contributed by atoms with van der Waals surface area (Å²) in [5.74, 6) is 1.36. The van der Waals surface area contributed by atoms with Crippen LogP contribution in [-0.2, 0) is 6.54 Å². The average Bonchev–Trinajstić information content (AvgIpc) is 3.68. The number of carbonyl (C=O) groups excluding carboxylic acids is 2. The molecule has 1 saturated heterocycles. The first kappa shape index (κ1) is 26.8. The Hall–Kier alpha value is -3.79. The molecule has 1 aliphatic heterocycles. The molecular weight excluding hydrogens is 492 g/mol. The molecular formula is C29H38N8O2. The van der Waals surface area contributed by atoms with Crippen molar-refractivity contribution in [2.75, 3.05) is 37.4 Å². The molecule has 0 bridgehead atoms. The van der Waals surface area contributed by atoms with Crippen LogP contribution in [0.4, 0.5) is 17.3 Å². The van der Waals surface area contributed by atoms with E-state index in [9.17, 15) is 9.59 Å². The Balaban J connectivity index is 1.29. The standard InChI is InChI=1S/C29H38N8O2/c1-19-23(15-25(38)22-10-8-21(9-11-22)20-6-7-20)5-4-12-37(19)26-17-31-27(28(30)39)29(34-26)33-24-16-32-36(18-24)14-13-35(2)3/h8-11,16-20,23H,4-7,12-15H2,1-3H3,(H2,30,39)(H,33,34)/t19-,23+/m1/s1. The first-order valence-corrected chi connectivity index (χ1v) is 13.8. The summed E-state index contributed by atoms with van der Waals surface area (Å²) in [5.41, 5.74) is 8.51. The van der Waals surface area contributed by atoms with Crippen molar-refractivity contribution in [1.82, 2.24) is 24.6 Å². The van der Waals surface area contributed by atoms with Gasteiger partial charge in [0, 0.05) is 37.3 Å². The highest BCUT2D eigenvalue weighted by molar-refractivity contribution is 5.97. The van der Waals surface area contributed by atoms with E-state index in [4.69, 9.17) is 10.7 Å². The van der Waals surface area contributed by atoms with Crippen LogP contribution in [0.1, 0.15) is 71.4 Å². The summed E-state index contributed by atoms with van der Waals surface area (Å²) in [5, 5.41) is 7.57. The molecule has 2 aliphatic rings. The number of carbonyl (C=O) groups is 2. The second-order valence-electron chi connectivity index (χ2n) is 11.1. The van der Waals surface area contributed by atoms with Gasteiger partial charge in [-0.25, -0.2) is 9.97 Å². The second kappa shape index (κ2) is 11.5. The van der Waals surface area contributed by atoms with Gasteiger partial charge >= 0.3 is 0 Å². The van der Waals surface area contributed by atoms with E-state index in [0.29, 0.717) is 29.7 Å². The van der Waals surface area contributed by atoms with E-state index in [2.05, 4.69) is 44.3 Å². The molecule has 0 spiro atoms. The Bertz CT molecular complexity index is 1320. The molecule has 206 valence electrons. The third-order valence-corrected chi connectivity index (χ3v) is 7.84. The lowest BCUT2D eigenvalue weighted by atomic mass is 9.85. The molecule has 3 aromatic rings. The van der Waals surface area contributed by atoms with E-state index in [1.54, 1.807) is 12.4 Å². The normalized spacial score (nSPS) is 19.3. The van der Waals surface area contributed by atoms with E-state index in [-0.39, 0.29) is 23.4 Å². The summed E-state index contributed by atoms with van der Waals surface area (Å²) in [7, 11) is 4.02. The molecule has 39 heavy (non-hydrogen) atoms. The van der Waals surface area contributed by atoms with Crippen LogP contribution in [0.15, 0.2) is 42.9 Å². The van der Waals surface area contributed by atoms with Gasteiger partial charge in [-0.2, -0.15) is 5.10 Å². The molecule has 0 radical (unpaired) electrons. The number of anilines is 3. The van der Waals surface area contributed by atoms with E-state index < -0.39 is 5.91 Å². The zero-order chi connectivity index (χ0) is 27.5. The van der Waals surface area contributed by atoms with E-state index in [0.717, 1.165) is 38.0 Å². The monoisotopic (exact) mass is 530 g/mol. The fraction of sp³-hybridized carbons (Fsp3) is 0.483. The van der Waals surface area contributed by atoms with Crippen molar-refractivity contribution in [1.29, 1.82) is 0 Å². The number of primary amides is 1. The Morgan fingerprint density at radius 1 is 1.13 bits per heavy atom. The number of ketones is 1. The third kappa shape index (κ3) is 6.44. The number of benzene rings is 1. The van der Waals surface area contributed by atoms with Crippen LogP contribution in [0.5, 0.6) is 0 Å². The van der Waals surface area contributed by atoms with Crippen LogP contribution in [0.25, 0.3) is 0 Å². The van der Waals surface area contributed by atoms with Crippen molar-refractivity contribution in [3.63, 3.8) is 0 Å². The highest BCUT2D eigenvalue weighted by Gasteiger charge is 2.32. The second-order valence-corrected chi connectivity index (χ2v) is 11.1. The van der Waals surface area contributed by atoms with Gasteiger partial charge in [-0.1, -0.05) is 24.3 Å². The number of rotatable bonds is 11.